The molecule has 1 saturated heterocycles. The van der Waals surface area contributed by atoms with Crippen LogP contribution in [0.2, 0.25) is 0 Å². The summed E-state index contributed by atoms with van der Waals surface area (Å²) < 4.78 is 4.98. The van der Waals surface area contributed by atoms with Gasteiger partial charge in [-0.1, -0.05) is 0 Å². The van der Waals surface area contributed by atoms with Gasteiger partial charge in [0.1, 0.15) is 5.82 Å². The molecule has 0 atom stereocenters. The van der Waals surface area contributed by atoms with Crippen molar-refractivity contribution in [1.29, 1.82) is 0 Å². The molecule has 1 aliphatic heterocycles. The number of benzene rings is 1. The van der Waals surface area contributed by atoms with E-state index in [2.05, 4.69) is 20.2 Å². The minimum Gasteiger partial charge on any atom is -0.462 e. The van der Waals surface area contributed by atoms with Crippen LogP contribution in [0, 0.1) is 0 Å². The van der Waals surface area contributed by atoms with E-state index in [1.807, 2.05) is 11.0 Å². The standard InChI is InChI=1S/C19H23N5O3/c1-3-27-18(26)15-4-6-16(7-5-15)21-19-20-9-8-17(22-19)24-12-10-23(11-13-24)14(2)25/h4-9H,3,10-13H2,1-2H3,(H,20,21,22). The van der Waals surface area contributed by atoms with Crippen LogP contribution in [0.25, 0.3) is 0 Å². The molecule has 1 fully saturated rings. The van der Waals surface area contributed by atoms with Crippen LogP contribution in [-0.2, 0) is 9.53 Å². The first kappa shape index (κ1) is 18.6. The summed E-state index contributed by atoms with van der Waals surface area (Å²) in [6.45, 7) is 6.58. The van der Waals surface area contributed by atoms with Gasteiger partial charge in [0.05, 0.1) is 12.2 Å². The molecular formula is C19H23N5O3. The third-order valence-corrected chi connectivity index (χ3v) is 4.34. The highest BCUT2D eigenvalue weighted by molar-refractivity contribution is 5.89. The number of carbonyl (C=O) groups excluding carboxylic acids is 2. The summed E-state index contributed by atoms with van der Waals surface area (Å²) in [5.41, 5.74) is 1.28. The summed E-state index contributed by atoms with van der Waals surface area (Å²) in [6.07, 6.45) is 1.70. The molecule has 2 aromatic rings. The number of piperazine rings is 1. The van der Waals surface area contributed by atoms with E-state index in [1.54, 1.807) is 44.3 Å². The van der Waals surface area contributed by atoms with E-state index in [9.17, 15) is 9.59 Å². The van der Waals surface area contributed by atoms with E-state index in [1.165, 1.54) is 0 Å². The molecule has 2 heterocycles. The fraction of sp³-hybridized carbons (Fsp3) is 0.368. The predicted molar refractivity (Wildman–Crippen MR) is 102 cm³/mol. The Balaban J connectivity index is 1.64. The molecule has 8 nitrogen and oxygen atoms in total. The lowest BCUT2D eigenvalue weighted by molar-refractivity contribution is -0.129. The normalized spacial score (nSPS) is 14.0. The number of amides is 1. The number of aromatic nitrogens is 2. The molecule has 0 aliphatic carbocycles. The van der Waals surface area contributed by atoms with Crippen molar-refractivity contribution in [2.75, 3.05) is 43.0 Å². The van der Waals surface area contributed by atoms with Crippen LogP contribution >= 0.6 is 0 Å². The first-order chi connectivity index (χ1) is 13.1. The zero-order valence-electron chi connectivity index (χ0n) is 15.5. The minimum atomic E-state index is -0.341. The van der Waals surface area contributed by atoms with E-state index < -0.39 is 0 Å². The maximum atomic E-state index is 11.7. The van der Waals surface area contributed by atoms with Crippen molar-refractivity contribution in [2.24, 2.45) is 0 Å². The van der Waals surface area contributed by atoms with Gasteiger partial charge in [-0.25, -0.2) is 9.78 Å². The van der Waals surface area contributed by atoms with Gasteiger partial charge in [0.25, 0.3) is 0 Å². The Morgan fingerprint density at radius 2 is 1.81 bits per heavy atom. The lowest BCUT2D eigenvalue weighted by Crippen LogP contribution is -2.48. The van der Waals surface area contributed by atoms with E-state index in [0.717, 1.165) is 24.6 Å². The molecule has 1 aliphatic rings. The second kappa shape index (κ2) is 8.48. The second-order valence-electron chi connectivity index (χ2n) is 6.15. The van der Waals surface area contributed by atoms with Crippen molar-refractivity contribution in [1.82, 2.24) is 14.9 Å². The van der Waals surface area contributed by atoms with Gasteiger partial charge >= 0.3 is 5.97 Å². The maximum Gasteiger partial charge on any atom is 0.338 e. The smallest absolute Gasteiger partial charge is 0.338 e. The van der Waals surface area contributed by atoms with Gasteiger partial charge in [0.2, 0.25) is 11.9 Å². The SMILES string of the molecule is CCOC(=O)c1ccc(Nc2nccc(N3CCN(C(C)=O)CC3)n2)cc1. The number of ether oxygens (including phenoxy) is 1. The highest BCUT2D eigenvalue weighted by atomic mass is 16.5. The van der Waals surface area contributed by atoms with Crippen LogP contribution in [-0.4, -0.2) is 59.5 Å². The van der Waals surface area contributed by atoms with Crippen molar-refractivity contribution >= 4 is 29.3 Å². The molecule has 3 rings (SSSR count). The summed E-state index contributed by atoms with van der Waals surface area (Å²) in [6, 6.07) is 8.83. The number of carbonyl (C=O) groups is 2. The number of nitrogens with one attached hydrogen (secondary N) is 1. The quantitative estimate of drug-likeness (QED) is 0.807. The van der Waals surface area contributed by atoms with E-state index in [-0.39, 0.29) is 11.9 Å². The number of esters is 1. The average Bonchev–Trinajstić information content (AvgIpc) is 2.69. The van der Waals surface area contributed by atoms with Crippen molar-refractivity contribution < 1.29 is 14.3 Å². The third kappa shape index (κ3) is 4.72. The van der Waals surface area contributed by atoms with Gasteiger partial charge in [-0.15, -0.1) is 0 Å². The molecule has 0 bridgehead atoms. The Morgan fingerprint density at radius 3 is 2.44 bits per heavy atom. The largest absolute Gasteiger partial charge is 0.462 e. The van der Waals surface area contributed by atoms with Crippen molar-refractivity contribution in [3.63, 3.8) is 0 Å². The Hall–Kier alpha value is -3.16. The lowest BCUT2D eigenvalue weighted by atomic mass is 10.2. The molecule has 142 valence electrons. The van der Waals surface area contributed by atoms with Gasteiger partial charge in [-0.05, 0) is 37.3 Å². The molecule has 1 aromatic heterocycles. The van der Waals surface area contributed by atoms with Gasteiger partial charge in [-0.2, -0.15) is 4.98 Å². The number of hydrogen-bond donors (Lipinski definition) is 1. The molecule has 0 saturated carbocycles. The molecule has 0 radical (unpaired) electrons. The van der Waals surface area contributed by atoms with Crippen LogP contribution in [0.1, 0.15) is 24.2 Å². The highest BCUT2D eigenvalue weighted by Crippen LogP contribution is 2.18. The molecular weight excluding hydrogens is 346 g/mol. The Kier molecular flexibility index (Phi) is 5.85. The first-order valence-electron chi connectivity index (χ1n) is 8.94. The molecule has 1 amide bonds. The molecule has 0 spiro atoms. The monoisotopic (exact) mass is 369 g/mol. The van der Waals surface area contributed by atoms with E-state index >= 15 is 0 Å². The first-order valence-corrected chi connectivity index (χ1v) is 8.94. The van der Waals surface area contributed by atoms with Crippen molar-refractivity contribution in [3.05, 3.63) is 42.1 Å². The molecule has 8 heteroatoms. The van der Waals surface area contributed by atoms with Crippen LogP contribution < -0.4 is 10.2 Å². The highest BCUT2D eigenvalue weighted by Gasteiger charge is 2.19. The van der Waals surface area contributed by atoms with Gasteiger partial charge in [-0.3, -0.25) is 4.79 Å². The summed E-state index contributed by atoms with van der Waals surface area (Å²) in [5.74, 6) is 1.06. The summed E-state index contributed by atoms with van der Waals surface area (Å²) in [5, 5.41) is 3.14. The fourth-order valence-corrected chi connectivity index (χ4v) is 2.87. The van der Waals surface area contributed by atoms with Gasteiger partial charge in [0, 0.05) is 45.0 Å². The van der Waals surface area contributed by atoms with E-state index in [0.29, 0.717) is 31.2 Å². The Labute approximate surface area is 158 Å². The van der Waals surface area contributed by atoms with E-state index in [4.69, 9.17) is 4.74 Å². The minimum absolute atomic E-state index is 0.103. The zero-order chi connectivity index (χ0) is 19.2. The molecule has 0 unspecified atom stereocenters. The van der Waals surface area contributed by atoms with Crippen LogP contribution in [0.15, 0.2) is 36.5 Å². The zero-order valence-corrected chi connectivity index (χ0v) is 15.5. The molecule has 27 heavy (non-hydrogen) atoms. The molecule has 1 aromatic carbocycles. The fourth-order valence-electron chi connectivity index (χ4n) is 2.87. The topological polar surface area (TPSA) is 87.7 Å². The lowest BCUT2D eigenvalue weighted by Gasteiger charge is -2.34. The number of rotatable bonds is 5. The summed E-state index contributed by atoms with van der Waals surface area (Å²) >= 11 is 0. The van der Waals surface area contributed by atoms with Gasteiger partial charge in [0.15, 0.2) is 0 Å². The molecule has 1 N–H and O–H groups in total. The van der Waals surface area contributed by atoms with Crippen molar-refractivity contribution in [2.45, 2.75) is 13.8 Å². The summed E-state index contributed by atoms with van der Waals surface area (Å²) in [7, 11) is 0. The van der Waals surface area contributed by atoms with Gasteiger partial charge < -0.3 is 19.9 Å². The van der Waals surface area contributed by atoms with Crippen LogP contribution in [0.4, 0.5) is 17.5 Å². The summed E-state index contributed by atoms with van der Waals surface area (Å²) in [4.78, 5) is 35.9. The third-order valence-electron chi connectivity index (χ3n) is 4.34. The Morgan fingerprint density at radius 1 is 1.11 bits per heavy atom. The predicted octanol–water partition coefficient (Wildman–Crippen LogP) is 2.07. The maximum absolute atomic E-state index is 11.7. The number of nitrogens with zero attached hydrogens (tertiary/aromatic N) is 4. The second-order valence-corrected chi connectivity index (χ2v) is 6.15. The average molecular weight is 369 g/mol. The number of anilines is 3. The Bertz CT molecular complexity index is 801. The number of hydrogen-bond acceptors (Lipinski definition) is 7. The van der Waals surface area contributed by atoms with Crippen LogP contribution in [0.5, 0.6) is 0 Å². The van der Waals surface area contributed by atoms with Crippen LogP contribution in [0.3, 0.4) is 0 Å². The van der Waals surface area contributed by atoms with Crippen molar-refractivity contribution in [3.8, 4) is 0 Å².